The fraction of sp³-hybridized carbons (Fsp3) is 0.231. The number of benzene rings is 2. The zero-order valence-corrected chi connectivity index (χ0v) is 19.4. The molecule has 2 N–H and O–H groups in total. The first-order chi connectivity index (χ1) is 16.9. The van der Waals surface area contributed by atoms with Crippen molar-refractivity contribution in [2.24, 2.45) is 0 Å². The van der Waals surface area contributed by atoms with Gasteiger partial charge in [-0.15, -0.1) is 0 Å². The number of nitrogens with zero attached hydrogens (tertiary/aromatic N) is 3. The zero-order valence-electron chi connectivity index (χ0n) is 19.4. The summed E-state index contributed by atoms with van der Waals surface area (Å²) in [7, 11) is 1.99. The normalized spacial score (nSPS) is 14.3. The van der Waals surface area contributed by atoms with Crippen molar-refractivity contribution in [3.8, 4) is 5.69 Å². The van der Waals surface area contributed by atoms with Gasteiger partial charge in [0.1, 0.15) is 5.82 Å². The van der Waals surface area contributed by atoms with E-state index in [9.17, 15) is 14.4 Å². The summed E-state index contributed by atoms with van der Waals surface area (Å²) in [6.45, 7) is 2.93. The number of likely N-dealkylation sites (N-methyl/N-ethyl adjacent to an activating group) is 1. The number of amides is 1. The molecule has 1 atom stereocenters. The number of hydrogen-bond donors (Lipinski definition) is 2. The van der Waals surface area contributed by atoms with Crippen molar-refractivity contribution < 1.29 is 14.3 Å². The van der Waals surface area contributed by atoms with Gasteiger partial charge in [-0.1, -0.05) is 36.4 Å². The molecule has 1 aliphatic rings. The van der Waals surface area contributed by atoms with E-state index in [2.05, 4.69) is 15.3 Å². The molecule has 2 aromatic carbocycles. The Morgan fingerprint density at radius 2 is 1.86 bits per heavy atom. The van der Waals surface area contributed by atoms with Crippen LogP contribution in [0.25, 0.3) is 16.6 Å². The quantitative estimate of drug-likeness (QED) is 0.433. The van der Waals surface area contributed by atoms with Crippen LogP contribution in [0.5, 0.6) is 0 Å². The van der Waals surface area contributed by atoms with Crippen molar-refractivity contribution in [1.29, 1.82) is 0 Å². The molecule has 1 amide bonds. The molecule has 3 heterocycles. The minimum absolute atomic E-state index is 0.208. The largest absolute Gasteiger partial charge is 0.449 e. The molecule has 4 aromatic rings. The van der Waals surface area contributed by atoms with Gasteiger partial charge in [0.15, 0.2) is 6.10 Å². The lowest BCUT2D eigenvalue weighted by molar-refractivity contribution is -0.123. The number of carbonyl (C=O) groups excluding carboxylic acids is 2. The smallest absolute Gasteiger partial charge is 0.339 e. The van der Waals surface area contributed by atoms with E-state index in [1.165, 1.54) is 17.7 Å². The van der Waals surface area contributed by atoms with Crippen molar-refractivity contribution in [2.75, 3.05) is 18.9 Å². The van der Waals surface area contributed by atoms with Crippen molar-refractivity contribution in [1.82, 2.24) is 19.7 Å². The molecule has 0 aliphatic carbocycles. The van der Waals surface area contributed by atoms with Gasteiger partial charge in [-0.2, -0.15) is 0 Å². The second-order valence-electron chi connectivity index (χ2n) is 8.63. The van der Waals surface area contributed by atoms with Gasteiger partial charge in [0.25, 0.3) is 11.5 Å². The number of carbonyl (C=O) groups is 2. The molecule has 0 bridgehead atoms. The van der Waals surface area contributed by atoms with Crippen LogP contribution in [-0.2, 0) is 22.5 Å². The van der Waals surface area contributed by atoms with Gasteiger partial charge in [0.2, 0.25) is 0 Å². The Hall–Kier alpha value is -4.24. The van der Waals surface area contributed by atoms with Crippen molar-refractivity contribution in [3.63, 3.8) is 0 Å². The summed E-state index contributed by atoms with van der Waals surface area (Å²) in [5.74, 6) is -0.919. The lowest BCUT2D eigenvalue weighted by Gasteiger charge is -2.27. The summed E-state index contributed by atoms with van der Waals surface area (Å²) in [6.07, 6.45) is -0.353. The molecule has 2 aromatic heterocycles. The lowest BCUT2D eigenvalue weighted by Crippen LogP contribution is -2.32. The number of fused-ring (bicyclic) bond motifs is 2. The monoisotopic (exact) mass is 471 g/mol. The number of aromatic amines is 1. The van der Waals surface area contributed by atoms with Gasteiger partial charge >= 0.3 is 5.97 Å². The highest BCUT2D eigenvalue weighted by atomic mass is 16.5. The number of rotatable bonds is 5. The van der Waals surface area contributed by atoms with Crippen molar-refractivity contribution >= 4 is 28.6 Å². The maximum Gasteiger partial charge on any atom is 0.339 e. The summed E-state index contributed by atoms with van der Waals surface area (Å²) >= 11 is 0. The zero-order chi connectivity index (χ0) is 24.5. The van der Waals surface area contributed by atoms with E-state index < -0.39 is 18.0 Å². The highest BCUT2D eigenvalue weighted by Gasteiger charge is 2.28. The van der Waals surface area contributed by atoms with Crippen LogP contribution in [0.2, 0.25) is 0 Å². The van der Waals surface area contributed by atoms with Crippen molar-refractivity contribution in [2.45, 2.75) is 26.0 Å². The van der Waals surface area contributed by atoms with E-state index in [0.717, 1.165) is 29.7 Å². The topological polar surface area (TPSA) is 109 Å². The van der Waals surface area contributed by atoms with Crippen LogP contribution in [0.4, 0.5) is 5.82 Å². The average Bonchev–Trinajstić information content (AvgIpc) is 3.22. The lowest BCUT2D eigenvalue weighted by atomic mass is 9.96. The second-order valence-corrected chi connectivity index (χ2v) is 8.63. The van der Waals surface area contributed by atoms with E-state index in [4.69, 9.17) is 9.72 Å². The molecular formula is C26H25N5O4. The Kier molecular flexibility index (Phi) is 5.92. The van der Waals surface area contributed by atoms with Gasteiger partial charge in [-0.05, 0) is 32.2 Å². The first kappa shape index (κ1) is 22.5. The Morgan fingerprint density at radius 1 is 1.11 bits per heavy atom. The second kappa shape index (κ2) is 9.19. The molecule has 0 saturated carbocycles. The molecule has 35 heavy (non-hydrogen) atoms. The first-order valence-corrected chi connectivity index (χ1v) is 11.4. The number of aromatic nitrogens is 3. The summed E-state index contributed by atoms with van der Waals surface area (Å²) in [5.41, 5.74) is 3.19. The molecule has 0 saturated heterocycles. The van der Waals surface area contributed by atoms with Crippen LogP contribution >= 0.6 is 0 Å². The molecule has 178 valence electrons. The number of hydrogen-bond acceptors (Lipinski definition) is 6. The molecule has 1 unspecified atom stereocenters. The predicted octanol–water partition coefficient (Wildman–Crippen LogP) is 2.89. The number of pyridine rings is 1. The maximum atomic E-state index is 13.3. The van der Waals surface area contributed by atoms with Crippen LogP contribution in [0, 0.1) is 0 Å². The van der Waals surface area contributed by atoms with Crippen LogP contribution in [0.1, 0.15) is 28.5 Å². The number of anilines is 1. The third-order valence-electron chi connectivity index (χ3n) is 6.09. The van der Waals surface area contributed by atoms with Crippen LogP contribution in [-0.4, -0.2) is 51.2 Å². The van der Waals surface area contributed by atoms with Gasteiger partial charge < -0.3 is 15.0 Å². The standard InChI is InChI=1S/C26H25N5O4/c1-16(25(33)28-22-14-23(32)31(29-22)17-8-4-3-5-9-17)35-26(34)24-18-10-6-7-11-20(18)27-21-12-13-30(2)15-19(21)24/h3-11,14,16,29H,12-13,15H2,1-2H3,(H,28,33). The highest BCUT2D eigenvalue weighted by Crippen LogP contribution is 2.28. The molecule has 0 spiro atoms. The van der Waals surface area contributed by atoms with Crippen LogP contribution < -0.4 is 10.9 Å². The van der Waals surface area contributed by atoms with E-state index in [1.807, 2.05) is 49.5 Å². The molecule has 5 rings (SSSR count). The fourth-order valence-electron chi connectivity index (χ4n) is 4.29. The number of ether oxygens (including phenoxy) is 1. The summed E-state index contributed by atoms with van der Waals surface area (Å²) in [6, 6.07) is 17.7. The summed E-state index contributed by atoms with van der Waals surface area (Å²) < 4.78 is 6.92. The minimum atomic E-state index is -1.09. The molecule has 1 aliphatic heterocycles. The van der Waals surface area contributed by atoms with E-state index in [-0.39, 0.29) is 11.4 Å². The SMILES string of the molecule is CC(OC(=O)c1c2c(nc3ccccc13)CCN(C)C2)C(=O)Nc1cc(=O)n(-c2ccccc2)[nH]1. The summed E-state index contributed by atoms with van der Waals surface area (Å²) in [4.78, 5) is 45.3. The Morgan fingerprint density at radius 3 is 2.66 bits per heavy atom. The summed E-state index contributed by atoms with van der Waals surface area (Å²) in [5, 5.41) is 6.18. The van der Waals surface area contributed by atoms with E-state index in [1.54, 1.807) is 12.1 Å². The molecule has 9 heteroatoms. The number of para-hydroxylation sites is 2. The highest BCUT2D eigenvalue weighted by molar-refractivity contribution is 6.06. The molecule has 9 nitrogen and oxygen atoms in total. The van der Waals surface area contributed by atoms with Gasteiger partial charge in [0.05, 0.1) is 16.8 Å². The number of esters is 1. The van der Waals surface area contributed by atoms with Crippen molar-refractivity contribution in [3.05, 3.63) is 87.8 Å². The van der Waals surface area contributed by atoms with Crippen LogP contribution in [0.3, 0.4) is 0 Å². The maximum absolute atomic E-state index is 13.3. The average molecular weight is 472 g/mol. The number of H-pyrrole nitrogens is 1. The molecule has 0 radical (unpaired) electrons. The number of nitrogens with one attached hydrogen (secondary N) is 2. The van der Waals surface area contributed by atoms with Gasteiger partial charge in [-0.25, -0.2) is 9.48 Å². The molecule has 0 fully saturated rings. The van der Waals surface area contributed by atoms with E-state index in [0.29, 0.717) is 23.2 Å². The molecular weight excluding hydrogens is 446 g/mol. The fourth-order valence-corrected chi connectivity index (χ4v) is 4.29. The third kappa shape index (κ3) is 4.45. The van der Waals surface area contributed by atoms with Gasteiger partial charge in [-0.3, -0.25) is 19.7 Å². The third-order valence-corrected chi connectivity index (χ3v) is 6.09. The Labute approximate surface area is 201 Å². The Bertz CT molecular complexity index is 1470. The Balaban J connectivity index is 1.37. The van der Waals surface area contributed by atoms with Crippen LogP contribution in [0.15, 0.2) is 65.5 Å². The first-order valence-electron chi connectivity index (χ1n) is 11.4. The van der Waals surface area contributed by atoms with Gasteiger partial charge in [0, 0.05) is 42.2 Å². The minimum Gasteiger partial charge on any atom is -0.449 e. The van der Waals surface area contributed by atoms with E-state index >= 15 is 0 Å². The predicted molar refractivity (Wildman–Crippen MR) is 132 cm³/mol.